The number of piperidine rings is 2. The third kappa shape index (κ3) is 10.00. The van der Waals surface area contributed by atoms with Crippen molar-refractivity contribution >= 4 is 5.97 Å². The molecule has 4 heterocycles. The zero-order chi connectivity index (χ0) is 32.0. The van der Waals surface area contributed by atoms with Gasteiger partial charge in [0.25, 0.3) is 0 Å². The van der Waals surface area contributed by atoms with Gasteiger partial charge in [0.2, 0.25) is 0 Å². The molecule has 0 aromatic heterocycles. The highest BCUT2D eigenvalue weighted by Crippen LogP contribution is 2.34. The Bertz CT molecular complexity index is 1200. The molecule has 1 aromatic carbocycles. The van der Waals surface area contributed by atoms with Crippen LogP contribution in [0.2, 0.25) is 0 Å². The Hall–Kier alpha value is -1.99. The number of carboxylic acids is 1. The van der Waals surface area contributed by atoms with E-state index in [1.54, 1.807) is 0 Å². The van der Waals surface area contributed by atoms with E-state index in [2.05, 4.69) is 65.9 Å². The summed E-state index contributed by atoms with van der Waals surface area (Å²) in [5, 5.41) is 53.2. The summed E-state index contributed by atoms with van der Waals surface area (Å²) in [4.78, 5) is 11.9. The SMILES string of the molecule is C[C@H]1N[C@H](CC[C@H]2Cc3cccc(c3)C[C@@H]3C[C@]4(C)C[C@@H](CC#C[C@H](C[C@H](CO)CC[C@@](O)(CC(=O)O)CN4)C2)N3)CC[C@H]1O. The molecule has 4 aliphatic heterocycles. The standard InChI is InChI=1S/C37H57N3O5/c1-25-34(42)12-11-31(39-25)10-9-29-16-26-5-3-6-28(15-26)19-33-21-36(2)20-32(40-33)8-4-7-27(17-29)18-30(23-41)13-14-37(45,24-38-36)22-35(43)44/h3,5-6,15,25,27,29-34,38-42,45H,8-14,16-24H2,1-2H3,(H,43,44)/t25-,27+,29+,30-,31-,32-,33-,34-,36+,37-/m1/s1. The number of hydrogen-bond acceptors (Lipinski definition) is 7. The molecule has 8 heteroatoms. The van der Waals surface area contributed by atoms with Crippen molar-refractivity contribution in [3.8, 4) is 11.8 Å². The first-order valence-corrected chi connectivity index (χ1v) is 17.6. The van der Waals surface area contributed by atoms with Crippen molar-refractivity contribution < 1.29 is 25.2 Å². The van der Waals surface area contributed by atoms with Crippen LogP contribution in [-0.2, 0) is 17.6 Å². The molecule has 250 valence electrons. The van der Waals surface area contributed by atoms with Gasteiger partial charge in [-0.25, -0.2) is 0 Å². The van der Waals surface area contributed by atoms with Crippen LogP contribution in [0.25, 0.3) is 0 Å². The van der Waals surface area contributed by atoms with Crippen molar-refractivity contribution in [1.82, 2.24) is 16.0 Å². The number of β-amino-alcohol motifs (C(OH)–C–C–N with tert-alkyl or cyclic N) is 1. The van der Waals surface area contributed by atoms with E-state index in [4.69, 9.17) is 0 Å². The molecule has 0 amide bonds. The molecule has 2 fully saturated rings. The summed E-state index contributed by atoms with van der Waals surface area (Å²) in [6.07, 6.45) is 10.3. The lowest BCUT2D eigenvalue weighted by Crippen LogP contribution is -2.61. The van der Waals surface area contributed by atoms with Crippen LogP contribution in [0.4, 0.5) is 0 Å². The number of carbonyl (C=O) groups is 1. The van der Waals surface area contributed by atoms with Gasteiger partial charge in [-0.2, -0.15) is 0 Å². The molecule has 7 N–H and O–H groups in total. The number of aliphatic hydroxyl groups excluding tert-OH is 2. The third-order valence-corrected chi connectivity index (χ3v) is 11.2. The van der Waals surface area contributed by atoms with Crippen molar-refractivity contribution in [2.45, 2.75) is 145 Å². The molecule has 0 aliphatic carbocycles. The Morgan fingerprint density at radius 1 is 1.02 bits per heavy atom. The molecule has 0 saturated carbocycles. The summed E-state index contributed by atoms with van der Waals surface area (Å²) in [5.74, 6) is 6.75. The second-order valence-corrected chi connectivity index (χ2v) is 15.4. The van der Waals surface area contributed by atoms with Gasteiger partial charge in [0, 0.05) is 55.2 Å². The number of fused-ring (bicyclic) bond motifs is 6. The second-order valence-electron chi connectivity index (χ2n) is 15.4. The first-order chi connectivity index (χ1) is 21.5. The van der Waals surface area contributed by atoms with Gasteiger partial charge in [-0.1, -0.05) is 30.2 Å². The first-order valence-electron chi connectivity index (χ1n) is 17.6. The Morgan fingerprint density at radius 2 is 1.78 bits per heavy atom. The van der Waals surface area contributed by atoms with Crippen LogP contribution in [0, 0.1) is 29.6 Å². The molecule has 0 radical (unpaired) electrons. The van der Waals surface area contributed by atoms with Crippen LogP contribution < -0.4 is 16.0 Å². The van der Waals surface area contributed by atoms with Crippen molar-refractivity contribution in [3.63, 3.8) is 0 Å². The van der Waals surface area contributed by atoms with Crippen molar-refractivity contribution in [2.75, 3.05) is 13.2 Å². The molecular formula is C37H57N3O5. The highest BCUT2D eigenvalue weighted by atomic mass is 16.4. The van der Waals surface area contributed by atoms with E-state index in [-0.39, 0.29) is 61.2 Å². The fraction of sp³-hybridized carbons (Fsp3) is 0.757. The Morgan fingerprint density at radius 3 is 2.53 bits per heavy atom. The number of benzene rings is 1. The molecule has 2 saturated heterocycles. The molecule has 45 heavy (non-hydrogen) atoms. The number of aliphatic hydroxyl groups is 3. The van der Waals surface area contributed by atoms with Crippen molar-refractivity contribution in [2.24, 2.45) is 17.8 Å². The number of rotatable bonds is 6. The maximum Gasteiger partial charge on any atom is 0.306 e. The Balaban J connectivity index is 1.46. The van der Waals surface area contributed by atoms with E-state index in [0.717, 1.165) is 70.6 Å². The Kier molecular flexibility index (Phi) is 11.7. The van der Waals surface area contributed by atoms with Crippen LogP contribution in [0.1, 0.15) is 102 Å². The largest absolute Gasteiger partial charge is 0.481 e. The highest BCUT2D eigenvalue weighted by molar-refractivity contribution is 5.68. The number of aliphatic carboxylic acids is 1. The van der Waals surface area contributed by atoms with Gasteiger partial charge in [0.1, 0.15) is 0 Å². The van der Waals surface area contributed by atoms with E-state index in [0.29, 0.717) is 24.8 Å². The molecule has 8 nitrogen and oxygen atoms in total. The fourth-order valence-electron chi connectivity index (χ4n) is 8.69. The maximum atomic E-state index is 11.9. The van der Waals surface area contributed by atoms with Gasteiger partial charge in [-0.05, 0) is 114 Å². The number of nitrogens with one attached hydrogen (secondary N) is 3. The lowest BCUT2D eigenvalue weighted by atomic mass is 9.76. The van der Waals surface area contributed by atoms with Gasteiger partial charge >= 0.3 is 5.97 Å². The number of carboxylic acid groups (broad SMARTS) is 1. The monoisotopic (exact) mass is 623 g/mol. The normalized spacial score (nSPS) is 39.5. The summed E-state index contributed by atoms with van der Waals surface area (Å²) in [6, 6.07) is 10.0. The minimum absolute atomic E-state index is 0.00272. The van der Waals surface area contributed by atoms with Gasteiger partial charge < -0.3 is 36.4 Å². The molecule has 1 aromatic rings. The van der Waals surface area contributed by atoms with Crippen LogP contribution in [0.5, 0.6) is 0 Å². The zero-order valence-corrected chi connectivity index (χ0v) is 27.4. The van der Waals surface area contributed by atoms with Gasteiger partial charge in [0.15, 0.2) is 0 Å². The predicted molar refractivity (Wildman–Crippen MR) is 177 cm³/mol. The molecule has 4 aliphatic rings. The summed E-state index contributed by atoms with van der Waals surface area (Å²) in [6.45, 7) is 4.49. The third-order valence-electron chi connectivity index (χ3n) is 11.2. The van der Waals surface area contributed by atoms with E-state index >= 15 is 0 Å². The van der Waals surface area contributed by atoms with Crippen LogP contribution in [0.15, 0.2) is 24.3 Å². The molecular weight excluding hydrogens is 566 g/mol. The van der Waals surface area contributed by atoms with E-state index in [9.17, 15) is 25.2 Å². The Labute approximate surface area is 270 Å². The molecule has 5 rings (SSSR count). The van der Waals surface area contributed by atoms with Crippen LogP contribution >= 0.6 is 0 Å². The predicted octanol–water partition coefficient (Wildman–Crippen LogP) is 3.55. The summed E-state index contributed by atoms with van der Waals surface area (Å²) < 4.78 is 0. The second kappa shape index (κ2) is 15.3. The highest BCUT2D eigenvalue weighted by Gasteiger charge is 2.40. The summed E-state index contributed by atoms with van der Waals surface area (Å²) in [7, 11) is 0. The quantitative estimate of drug-likeness (QED) is 0.239. The van der Waals surface area contributed by atoms with Gasteiger partial charge in [-0.15, -0.1) is 5.92 Å². The van der Waals surface area contributed by atoms with Crippen LogP contribution in [0.3, 0.4) is 0 Å². The lowest BCUT2D eigenvalue weighted by molar-refractivity contribution is -0.143. The zero-order valence-electron chi connectivity index (χ0n) is 27.4. The fourth-order valence-corrected chi connectivity index (χ4v) is 8.69. The molecule has 6 bridgehead atoms. The van der Waals surface area contributed by atoms with E-state index in [1.165, 1.54) is 11.1 Å². The van der Waals surface area contributed by atoms with Gasteiger partial charge in [-0.3, -0.25) is 4.79 Å². The van der Waals surface area contributed by atoms with Crippen molar-refractivity contribution in [1.29, 1.82) is 0 Å². The first kappa shape index (κ1) is 34.3. The van der Waals surface area contributed by atoms with E-state index in [1.807, 2.05) is 0 Å². The molecule has 0 unspecified atom stereocenters. The summed E-state index contributed by atoms with van der Waals surface area (Å²) >= 11 is 0. The van der Waals surface area contributed by atoms with Crippen molar-refractivity contribution in [3.05, 3.63) is 35.4 Å². The van der Waals surface area contributed by atoms with Crippen LogP contribution in [-0.4, -0.2) is 81.0 Å². The lowest BCUT2D eigenvalue weighted by Gasteiger charge is -2.45. The number of hydrogen-bond donors (Lipinski definition) is 7. The minimum Gasteiger partial charge on any atom is -0.481 e. The topological polar surface area (TPSA) is 134 Å². The summed E-state index contributed by atoms with van der Waals surface area (Å²) in [5.41, 5.74) is 1.04. The smallest absolute Gasteiger partial charge is 0.306 e. The van der Waals surface area contributed by atoms with E-state index < -0.39 is 11.6 Å². The molecule has 10 atom stereocenters. The molecule has 0 spiro atoms. The average Bonchev–Trinajstić information content (AvgIpc) is 2.97. The minimum atomic E-state index is -1.39. The average molecular weight is 624 g/mol. The maximum absolute atomic E-state index is 11.9. The van der Waals surface area contributed by atoms with Gasteiger partial charge in [0.05, 0.1) is 18.1 Å².